The zero-order chi connectivity index (χ0) is 41.6. The first-order valence-corrected chi connectivity index (χ1v) is 18.9. The summed E-state index contributed by atoms with van der Waals surface area (Å²) >= 11 is 0. The van der Waals surface area contributed by atoms with Crippen molar-refractivity contribution in [2.24, 2.45) is 22.2 Å². The highest BCUT2D eigenvalue weighted by molar-refractivity contribution is 5.96. The molecule has 0 radical (unpaired) electrons. The van der Waals surface area contributed by atoms with Crippen LogP contribution in [0.1, 0.15) is 88.4 Å². The first-order chi connectivity index (χ1) is 26.6. The molecular formula is C41H60N8O7. The van der Waals surface area contributed by atoms with Gasteiger partial charge in [-0.15, -0.1) is 0 Å². The van der Waals surface area contributed by atoms with Crippen LogP contribution in [-0.2, 0) is 35.3 Å². The van der Waals surface area contributed by atoms with E-state index in [1.54, 1.807) is 25.1 Å². The Hall–Kier alpha value is -5.70. The van der Waals surface area contributed by atoms with Gasteiger partial charge in [-0.05, 0) is 99.8 Å². The summed E-state index contributed by atoms with van der Waals surface area (Å²) in [5.41, 5.74) is 19.7. The Morgan fingerprint density at radius 2 is 1.48 bits per heavy atom. The summed E-state index contributed by atoms with van der Waals surface area (Å²) in [5, 5.41) is 11.0. The molecule has 56 heavy (non-hydrogen) atoms. The van der Waals surface area contributed by atoms with Gasteiger partial charge in [-0.2, -0.15) is 0 Å². The summed E-state index contributed by atoms with van der Waals surface area (Å²) in [7, 11) is 0. The third-order valence-electron chi connectivity index (χ3n) is 8.51. The van der Waals surface area contributed by atoms with Gasteiger partial charge in [-0.1, -0.05) is 62.9 Å². The number of aliphatic imine (C=N–C) groups is 1. The number of benzene rings is 2. The number of nitrogens with two attached hydrogens (primary N) is 3. The minimum absolute atomic E-state index is 0.0258. The van der Waals surface area contributed by atoms with Crippen molar-refractivity contribution in [2.45, 2.75) is 109 Å². The van der Waals surface area contributed by atoms with E-state index in [-0.39, 0.29) is 38.0 Å². The van der Waals surface area contributed by atoms with Crippen LogP contribution >= 0.6 is 0 Å². The van der Waals surface area contributed by atoms with Crippen molar-refractivity contribution in [2.75, 3.05) is 13.2 Å². The molecule has 0 spiro atoms. The summed E-state index contributed by atoms with van der Waals surface area (Å²) in [6, 6.07) is 9.54. The third kappa shape index (κ3) is 17.2. The molecule has 0 aliphatic rings. The SMILES string of the molecule is C=CC(=O)NC(C(=O)N[C@H](CCC[C@@H](C)N)C(=O)N[C@H](CCCN=C(N)N)C(=O)N[C@@H](CCC)C(=O)OCc1ccccc1)c1ccc(OCC(=C)C)c(C)c1. The number of hydrogen-bond donors (Lipinski definition) is 7. The zero-order valence-electron chi connectivity index (χ0n) is 33.1. The number of esters is 1. The van der Waals surface area contributed by atoms with E-state index in [2.05, 4.69) is 39.4 Å². The van der Waals surface area contributed by atoms with Crippen molar-refractivity contribution in [3.8, 4) is 5.75 Å². The highest BCUT2D eigenvalue weighted by Crippen LogP contribution is 2.24. The van der Waals surface area contributed by atoms with Crippen LogP contribution < -0.4 is 43.2 Å². The van der Waals surface area contributed by atoms with Gasteiger partial charge in [-0.25, -0.2) is 4.79 Å². The van der Waals surface area contributed by atoms with Crippen molar-refractivity contribution >= 4 is 35.6 Å². The first-order valence-electron chi connectivity index (χ1n) is 18.9. The van der Waals surface area contributed by atoms with Gasteiger partial charge >= 0.3 is 5.97 Å². The second-order valence-corrected chi connectivity index (χ2v) is 13.8. The number of carbonyl (C=O) groups excluding carboxylic acids is 5. The lowest BCUT2D eigenvalue weighted by Crippen LogP contribution is -2.56. The predicted octanol–water partition coefficient (Wildman–Crippen LogP) is 2.86. The Balaban J connectivity index is 2.37. The lowest BCUT2D eigenvalue weighted by atomic mass is 10.0. The maximum atomic E-state index is 14.1. The largest absolute Gasteiger partial charge is 0.489 e. The molecule has 306 valence electrons. The van der Waals surface area contributed by atoms with E-state index in [1.807, 2.05) is 51.1 Å². The van der Waals surface area contributed by atoms with Crippen LogP contribution in [0.2, 0.25) is 0 Å². The number of rotatable bonds is 25. The predicted molar refractivity (Wildman–Crippen MR) is 217 cm³/mol. The van der Waals surface area contributed by atoms with Gasteiger partial charge in [0.2, 0.25) is 23.6 Å². The van der Waals surface area contributed by atoms with Crippen LogP contribution in [0.3, 0.4) is 0 Å². The first kappa shape index (κ1) is 46.5. The van der Waals surface area contributed by atoms with Gasteiger partial charge in [-0.3, -0.25) is 24.2 Å². The van der Waals surface area contributed by atoms with Crippen molar-refractivity contribution < 1.29 is 33.4 Å². The highest BCUT2D eigenvalue weighted by Gasteiger charge is 2.32. The van der Waals surface area contributed by atoms with E-state index in [0.717, 1.165) is 17.2 Å². The molecule has 0 aliphatic heterocycles. The number of nitrogens with one attached hydrogen (secondary N) is 4. The average Bonchev–Trinajstić information content (AvgIpc) is 3.15. The van der Waals surface area contributed by atoms with Gasteiger partial charge in [0, 0.05) is 12.6 Å². The zero-order valence-corrected chi connectivity index (χ0v) is 33.1. The molecule has 0 aliphatic carbocycles. The van der Waals surface area contributed by atoms with E-state index in [9.17, 15) is 24.0 Å². The van der Waals surface area contributed by atoms with E-state index in [0.29, 0.717) is 55.6 Å². The van der Waals surface area contributed by atoms with Gasteiger partial charge in [0.15, 0.2) is 5.96 Å². The lowest BCUT2D eigenvalue weighted by molar-refractivity contribution is -0.149. The van der Waals surface area contributed by atoms with Crippen LogP contribution in [0.5, 0.6) is 5.75 Å². The Bertz CT molecular complexity index is 1660. The normalized spacial score (nSPS) is 13.4. The van der Waals surface area contributed by atoms with Crippen molar-refractivity contribution in [3.63, 3.8) is 0 Å². The summed E-state index contributed by atoms with van der Waals surface area (Å²) in [5.74, 6) is -2.73. The van der Waals surface area contributed by atoms with Crippen molar-refractivity contribution in [3.05, 3.63) is 90.0 Å². The Kier molecular flexibility index (Phi) is 20.5. The van der Waals surface area contributed by atoms with E-state index < -0.39 is 53.8 Å². The molecule has 15 heteroatoms. The maximum Gasteiger partial charge on any atom is 0.328 e. The molecule has 2 rings (SSSR count). The van der Waals surface area contributed by atoms with Crippen molar-refractivity contribution in [1.29, 1.82) is 0 Å². The molecule has 2 aromatic rings. The van der Waals surface area contributed by atoms with Gasteiger partial charge in [0.05, 0.1) is 0 Å². The number of carbonyl (C=O) groups is 5. The summed E-state index contributed by atoms with van der Waals surface area (Å²) in [6.45, 7) is 15.2. The lowest BCUT2D eigenvalue weighted by Gasteiger charge is -2.27. The summed E-state index contributed by atoms with van der Waals surface area (Å²) in [4.78, 5) is 71.5. The summed E-state index contributed by atoms with van der Waals surface area (Å²) in [6.07, 6.45) is 3.48. The summed E-state index contributed by atoms with van der Waals surface area (Å²) < 4.78 is 11.3. The number of ether oxygens (including phenoxy) is 2. The molecule has 0 fully saturated rings. The number of hydrogen-bond acceptors (Lipinski definition) is 9. The molecule has 5 atom stereocenters. The van der Waals surface area contributed by atoms with Crippen LogP contribution in [0.4, 0.5) is 0 Å². The van der Waals surface area contributed by atoms with Crippen LogP contribution in [0.15, 0.2) is 78.3 Å². The monoisotopic (exact) mass is 776 g/mol. The molecule has 2 aromatic carbocycles. The fourth-order valence-corrected chi connectivity index (χ4v) is 5.57. The standard InChI is InChI=1S/C41H60N8O7/c1-7-14-33(40(54)56-25-29-16-10-9-11-17-29)48-38(52)32(19-13-22-45-41(43)44)46-37(51)31(18-12-15-28(6)42)47-39(53)36(49-35(50)8-2)30-20-21-34(27(5)23-30)55-24-26(3)4/h8-11,16-17,20-21,23,28,31-33,36H,2-3,7,12-15,18-19,22,24-25,42H2,1,4-6H3,(H,46,51)(H,47,53)(H,48,52)(H,49,50)(H4,43,44,45)/t28-,31-,32-,33+,36?/m1/s1. The number of nitrogens with zero attached hydrogens (tertiary/aromatic N) is 1. The van der Waals surface area contributed by atoms with Crippen molar-refractivity contribution in [1.82, 2.24) is 21.3 Å². The molecule has 0 bridgehead atoms. The molecule has 1 unspecified atom stereocenters. The van der Waals surface area contributed by atoms with E-state index in [1.165, 1.54) is 0 Å². The molecule has 10 N–H and O–H groups in total. The number of guanidine groups is 1. The third-order valence-corrected chi connectivity index (χ3v) is 8.51. The van der Waals surface area contributed by atoms with Crippen LogP contribution in [0.25, 0.3) is 0 Å². The maximum absolute atomic E-state index is 14.1. The molecule has 0 saturated carbocycles. The Morgan fingerprint density at radius 3 is 2.05 bits per heavy atom. The Morgan fingerprint density at radius 1 is 0.857 bits per heavy atom. The Labute approximate surface area is 330 Å². The van der Waals surface area contributed by atoms with E-state index >= 15 is 0 Å². The minimum Gasteiger partial charge on any atom is -0.489 e. The van der Waals surface area contributed by atoms with Gasteiger partial charge < -0.3 is 47.9 Å². The second kappa shape index (κ2) is 24.7. The molecular weight excluding hydrogens is 716 g/mol. The molecule has 0 heterocycles. The van der Waals surface area contributed by atoms with Gasteiger partial charge in [0.25, 0.3) is 0 Å². The molecule has 15 nitrogen and oxygen atoms in total. The smallest absolute Gasteiger partial charge is 0.328 e. The topological polar surface area (TPSA) is 242 Å². The van der Waals surface area contributed by atoms with Crippen LogP contribution in [-0.4, -0.2) is 72.9 Å². The fourth-order valence-electron chi connectivity index (χ4n) is 5.57. The van der Waals surface area contributed by atoms with Gasteiger partial charge in [0.1, 0.15) is 43.1 Å². The van der Waals surface area contributed by atoms with Crippen LogP contribution in [0, 0.1) is 6.92 Å². The minimum atomic E-state index is -1.21. The molecule has 4 amide bonds. The average molecular weight is 777 g/mol. The second-order valence-electron chi connectivity index (χ2n) is 13.8. The highest BCUT2D eigenvalue weighted by atomic mass is 16.5. The quantitative estimate of drug-likeness (QED) is 0.0194. The number of amides is 4. The number of aryl methyl sites for hydroxylation is 1. The molecule has 0 aromatic heterocycles. The molecule has 0 saturated heterocycles. The van der Waals surface area contributed by atoms with E-state index in [4.69, 9.17) is 26.7 Å². The fraction of sp³-hybridized carbons (Fsp3) is 0.463.